The number of carbonyl (C=O) groups excluding carboxylic acids is 1. The van der Waals surface area contributed by atoms with Gasteiger partial charge in [-0.05, 0) is 18.6 Å². The summed E-state index contributed by atoms with van der Waals surface area (Å²) in [5.74, 6) is -0.390. The van der Waals surface area contributed by atoms with E-state index < -0.39 is 10.0 Å². The maximum atomic E-state index is 12.4. The van der Waals surface area contributed by atoms with Gasteiger partial charge < -0.3 is 11.1 Å². The summed E-state index contributed by atoms with van der Waals surface area (Å²) in [6.07, 6.45) is 0. The molecule has 3 N–H and O–H groups in total. The Morgan fingerprint density at radius 1 is 1.45 bits per heavy atom. The van der Waals surface area contributed by atoms with Gasteiger partial charge in [-0.25, -0.2) is 8.42 Å². The van der Waals surface area contributed by atoms with Gasteiger partial charge in [0.05, 0.1) is 11.4 Å². The fourth-order valence-corrected chi connectivity index (χ4v) is 3.07. The number of aryl methyl sites for hydroxylation is 1. The quantitative estimate of drug-likeness (QED) is 0.746. The second kappa shape index (κ2) is 6.29. The molecule has 1 rings (SSSR count). The third kappa shape index (κ3) is 3.53. The lowest BCUT2D eigenvalue weighted by molar-refractivity contribution is -0.120. The van der Waals surface area contributed by atoms with Crippen molar-refractivity contribution in [1.29, 1.82) is 0 Å². The topological polar surface area (TPSA) is 92.5 Å². The van der Waals surface area contributed by atoms with E-state index in [2.05, 4.69) is 5.32 Å². The zero-order valence-electron chi connectivity index (χ0n) is 11.5. The van der Waals surface area contributed by atoms with E-state index in [9.17, 15) is 13.2 Å². The molecule has 0 atom stereocenters. The van der Waals surface area contributed by atoms with Crippen molar-refractivity contribution >= 4 is 33.1 Å². The van der Waals surface area contributed by atoms with Crippen LogP contribution in [0.1, 0.15) is 11.1 Å². The molecule has 0 unspecified atom stereocenters. The third-order valence-electron chi connectivity index (χ3n) is 2.81. The van der Waals surface area contributed by atoms with Gasteiger partial charge in [-0.2, -0.15) is 4.31 Å². The number of hydrogen-bond acceptors (Lipinski definition) is 4. The fraction of sp³-hybridized carbons (Fsp3) is 0.333. The summed E-state index contributed by atoms with van der Waals surface area (Å²) in [5.41, 5.74) is 6.55. The zero-order valence-corrected chi connectivity index (χ0v) is 13.1. The van der Waals surface area contributed by atoms with Crippen molar-refractivity contribution in [2.75, 3.05) is 20.6 Å². The first-order chi connectivity index (χ1) is 9.20. The zero-order chi connectivity index (χ0) is 15.5. The van der Waals surface area contributed by atoms with Crippen LogP contribution in [0, 0.1) is 6.92 Å². The van der Waals surface area contributed by atoms with Crippen LogP contribution in [0.25, 0.3) is 0 Å². The van der Waals surface area contributed by atoms with Crippen molar-refractivity contribution in [3.05, 3.63) is 29.3 Å². The number of sulfonamides is 1. The van der Waals surface area contributed by atoms with Crippen molar-refractivity contribution in [2.24, 2.45) is 5.73 Å². The van der Waals surface area contributed by atoms with Crippen LogP contribution in [-0.4, -0.2) is 44.3 Å². The Kier molecular flexibility index (Phi) is 5.21. The number of thiocarbonyl (C=S) groups is 1. The predicted octanol–water partition coefficient (Wildman–Crippen LogP) is -0.00428. The molecule has 1 amide bonds. The lowest BCUT2D eigenvalue weighted by atomic mass is 10.1. The van der Waals surface area contributed by atoms with E-state index in [4.69, 9.17) is 18.0 Å². The Morgan fingerprint density at radius 3 is 2.55 bits per heavy atom. The molecule has 1 aromatic rings. The average molecular weight is 315 g/mol. The van der Waals surface area contributed by atoms with Gasteiger partial charge in [-0.15, -0.1) is 0 Å². The van der Waals surface area contributed by atoms with E-state index in [-0.39, 0.29) is 22.3 Å². The summed E-state index contributed by atoms with van der Waals surface area (Å²) in [6, 6.07) is 4.72. The Morgan fingerprint density at radius 2 is 2.05 bits per heavy atom. The minimum Gasteiger partial charge on any atom is -0.389 e. The number of benzene rings is 1. The monoisotopic (exact) mass is 315 g/mol. The van der Waals surface area contributed by atoms with Crippen LogP contribution in [0.2, 0.25) is 0 Å². The molecule has 0 bridgehead atoms. The molecule has 0 saturated heterocycles. The number of amides is 1. The van der Waals surface area contributed by atoms with Crippen molar-refractivity contribution in [3.8, 4) is 0 Å². The molecule has 20 heavy (non-hydrogen) atoms. The fourth-order valence-electron chi connectivity index (χ4n) is 1.57. The molecule has 110 valence electrons. The maximum Gasteiger partial charge on any atom is 0.243 e. The normalized spacial score (nSPS) is 11.4. The van der Waals surface area contributed by atoms with Gasteiger partial charge in [-0.1, -0.05) is 24.4 Å². The average Bonchev–Trinajstić information content (AvgIpc) is 2.38. The molecule has 0 spiro atoms. The van der Waals surface area contributed by atoms with Crippen molar-refractivity contribution in [3.63, 3.8) is 0 Å². The van der Waals surface area contributed by atoms with Gasteiger partial charge in [0.25, 0.3) is 0 Å². The Balaban J connectivity index is 3.24. The Hall–Kier alpha value is -1.51. The summed E-state index contributed by atoms with van der Waals surface area (Å²) < 4.78 is 25.9. The number of rotatable bonds is 5. The summed E-state index contributed by atoms with van der Waals surface area (Å²) in [7, 11) is -0.983. The van der Waals surface area contributed by atoms with Crippen LogP contribution < -0.4 is 11.1 Å². The minimum atomic E-state index is -3.77. The summed E-state index contributed by atoms with van der Waals surface area (Å²) in [6.45, 7) is 1.42. The first-order valence-corrected chi connectivity index (χ1v) is 7.62. The highest BCUT2D eigenvalue weighted by Crippen LogP contribution is 2.20. The van der Waals surface area contributed by atoms with Gasteiger partial charge >= 0.3 is 0 Å². The highest BCUT2D eigenvalue weighted by Gasteiger charge is 2.24. The molecule has 0 aromatic heterocycles. The highest BCUT2D eigenvalue weighted by atomic mass is 32.2. The molecule has 0 aliphatic heterocycles. The summed E-state index contributed by atoms with van der Waals surface area (Å²) in [4.78, 5) is 11.5. The molecule has 0 fully saturated rings. The molecule has 0 heterocycles. The first kappa shape index (κ1) is 16.5. The van der Waals surface area contributed by atoms with E-state index in [1.54, 1.807) is 19.1 Å². The molecule has 8 heteroatoms. The standard InChI is InChI=1S/C12H17N3O3S2/c1-8-4-5-9(12(13)19)6-10(8)20(17,18)15(3)7-11(16)14-2/h4-6H,7H2,1-3H3,(H2,13,19)(H,14,16). The number of carbonyl (C=O) groups is 1. The molecule has 0 aliphatic rings. The van der Waals surface area contributed by atoms with Crippen LogP contribution in [0.4, 0.5) is 0 Å². The third-order valence-corrected chi connectivity index (χ3v) is 4.99. The Labute approximate surface area is 124 Å². The SMILES string of the molecule is CNC(=O)CN(C)S(=O)(=O)c1cc(C(N)=S)ccc1C. The van der Waals surface area contributed by atoms with Crippen LogP contribution in [0.3, 0.4) is 0 Å². The molecular weight excluding hydrogens is 298 g/mol. The summed E-state index contributed by atoms with van der Waals surface area (Å²) >= 11 is 4.85. The van der Waals surface area contributed by atoms with E-state index in [0.29, 0.717) is 11.1 Å². The Bertz CT molecular complexity index is 641. The van der Waals surface area contributed by atoms with E-state index in [1.165, 1.54) is 20.2 Å². The van der Waals surface area contributed by atoms with Crippen LogP contribution >= 0.6 is 12.2 Å². The second-order valence-electron chi connectivity index (χ2n) is 4.28. The minimum absolute atomic E-state index is 0.0919. The van der Waals surface area contributed by atoms with E-state index in [0.717, 1.165) is 4.31 Å². The van der Waals surface area contributed by atoms with Crippen molar-refractivity contribution < 1.29 is 13.2 Å². The van der Waals surface area contributed by atoms with Gasteiger partial charge in [0, 0.05) is 19.7 Å². The van der Waals surface area contributed by atoms with Crippen LogP contribution in [-0.2, 0) is 14.8 Å². The highest BCUT2D eigenvalue weighted by molar-refractivity contribution is 7.89. The van der Waals surface area contributed by atoms with Gasteiger partial charge in [0.15, 0.2) is 0 Å². The van der Waals surface area contributed by atoms with E-state index >= 15 is 0 Å². The molecule has 0 radical (unpaired) electrons. The van der Waals surface area contributed by atoms with Gasteiger partial charge in [0.1, 0.15) is 4.99 Å². The van der Waals surface area contributed by atoms with Crippen LogP contribution in [0.5, 0.6) is 0 Å². The smallest absolute Gasteiger partial charge is 0.243 e. The lowest BCUT2D eigenvalue weighted by Gasteiger charge is -2.18. The largest absolute Gasteiger partial charge is 0.389 e. The van der Waals surface area contributed by atoms with Crippen molar-refractivity contribution in [2.45, 2.75) is 11.8 Å². The number of likely N-dealkylation sites (N-methyl/N-ethyl adjacent to an activating group) is 2. The number of nitrogens with two attached hydrogens (primary N) is 1. The maximum absolute atomic E-state index is 12.4. The summed E-state index contributed by atoms with van der Waals surface area (Å²) in [5, 5.41) is 2.38. The first-order valence-electron chi connectivity index (χ1n) is 5.77. The van der Waals surface area contributed by atoms with Gasteiger partial charge in [0.2, 0.25) is 15.9 Å². The predicted molar refractivity (Wildman–Crippen MR) is 80.9 cm³/mol. The van der Waals surface area contributed by atoms with Gasteiger partial charge in [-0.3, -0.25) is 4.79 Å². The number of nitrogens with zero attached hydrogens (tertiary/aromatic N) is 1. The number of nitrogens with one attached hydrogen (secondary N) is 1. The molecule has 6 nitrogen and oxygen atoms in total. The van der Waals surface area contributed by atoms with Crippen LogP contribution in [0.15, 0.2) is 23.1 Å². The van der Waals surface area contributed by atoms with Crippen molar-refractivity contribution in [1.82, 2.24) is 9.62 Å². The second-order valence-corrected chi connectivity index (χ2v) is 6.73. The van der Waals surface area contributed by atoms with E-state index in [1.807, 2.05) is 0 Å². The molecule has 0 aliphatic carbocycles. The molecule has 1 aromatic carbocycles. The molecular formula is C12H17N3O3S2. The lowest BCUT2D eigenvalue weighted by Crippen LogP contribution is -2.37. The molecule has 0 saturated carbocycles. The number of hydrogen-bond donors (Lipinski definition) is 2.